The maximum atomic E-state index is 11.8. The Labute approximate surface area is 143 Å². The highest BCUT2D eigenvalue weighted by atomic mass is 16.5. The molecule has 0 spiro atoms. The van der Waals surface area contributed by atoms with Crippen LogP contribution in [0.5, 0.6) is 11.5 Å². The van der Waals surface area contributed by atoms with Crippen molar-refractivity contribution in [3.8, 4) is 11.5 Å². The van der Waals surface area contributed by atoms with Crippen molar-refractivity contribution in [1.82, 2.24) is 0 Å². The minimum atomic E-state index is -0.294. The second kappa shape index (κ2) is 9.56. The van der Waals surface area contributed by atoms with Gasteiger partial charge in [0.1, 0.15) is 11.5 Å². The van der Waals surface area contributed by atoms with E-state index in [4.69, 9.17) is 9.47 Å². The van der Waals surface area contributed by atoms with Crippen molar-refractivity contribution in [1.29, 1.82) is 0 Å². The van der Waals surface area contributed by atoms with Gasteiger partial charge < -0.3 is 9.47 Å². The summed E-state index contributed by atoms with van der Waals surface area (Å²) in [4.78, 5) is 11.8. The molecule has 0 fully saturated rings. The maximum Gasteiger partial charge on any atom is 0.331 e. The first kappa shape index (κ1) is 17.8. The summed E-state index contributed by atoms with van der Waals surface area (Å²) in [5.74, 6) is 1.25. The Balaban J connectivity index is 2.22. The molecule has 3 heteroatoms. The van der Waals surface area contributed by atoms with Crippen molar-refractivity contribution >= 4 is 11.5 Å². The van der Waals surface area contributed by atoms with Crippen LogP contribution >= 0.6 is 0 Å². The van der Waals surface area contributed by atoms with Crippen molar-refractivity contribution in [2.45, 2.75) is 33.1 Å². The number of para-hydroxylation sites is 1. The number of hydrogen-bond donors (Lipinski definition) is 0. The monoisotopic (exact) mass is 324 g/mol. The molecule has 0 radical (unpaired) electrons. The Morgan fingerprint density at radius 3 is 2.46 bits per heavy atom. The van der Waals surface area contributed by atoms with Crippen molar-refractivity contribution in [3.05, 3.63) is 66.2 Å². The number of esters is 1. The molecule has 24 heavy (non-hydrogen) atoms. The number of hydrogen-bond acceptors (Lipinski definition) is 3. The molecule has 0 aliphatic carbocycles. The first-order valence-corrected chi connectivity index (χ1v) is 8.43. The molecule has 0 aliphatic heterocycles. The molecule has 0 unspecified atom stereocenters. The van der Waals surface area contributed by atoms with Crippen LogP contribution in [0.2, 0.25) is 0 Å². The number of ether oxygens (including phenoxy) is 2. The van der Waals surface area contributed by atoms with E-state index in [1.54, 1.807) is 6.08 Å². The summed E-state index contributed by atoms with van der Waals surface area (Å²) in [6.07, 6.45) is 4.53. The molecule has 126 valence electrons. The molecule has 0 heterocycles. The van der Waals surface area contributed by atoms with E-state index in [1.807, 2.05) is 61.5 Å². The van der Waals surface area contributed by atoms with Gasteiger partial charge in [-0.3, -0.25) is 0 Å². The third-order valence-electron chi connectivity index (χ3n) is 3.56. The van der Waals surface area contributed by atoms with Crippen molar-refractivity contribution in [2.75, 3.05) is 6.61 Å². The Morgan fingerprint density at radius 2 is 1.75 bits per heavy atom. The van der Waals surface area contributed by atoms with Gasteiger partial charge in [-0.2, -0.15) is 0 Å². The zero-order valence-corrected chi connectivity index (χ0v) is 14.3. The van der Waals surface area contributed by atoms with E-state index in [-0.39, 0.29) is 5.97 Å². The van der Waals surface area contributed by atoms with Crippen molar-refractivity contribution in [2.24, 2.45) is 0 Å². The number of carbonyl (C=O) groups excluding carboxylic acids is 1. The van der Waals surface area contributed by atoms with Crippen molar-refractivity contribution < 1.29 is 14.3 Å². The van der Waals surface area contributed by atoms with E-state index in [0.29, 0.717) is 6.61 Å². The fraction of sp³-hybridized carbons (Fsp3) is 0.286. The van der Waals surface area contributed by atoms with Gasteiger partial charge in [-0.1, -0.05) is 43.7 Å². The van der Waals surface area contributed by atoms with Gasteiger partial charge in [0, 0.05) is 6.08 Å². The molecule has 0 saturated heterocycles. The lowest BCUT2D eigenvalue weighted by Gasteiger charge is -2.11. The van der Waals surface area contributed by atoms with E-state index in [2.05, 4.69) is 6.92 Å². The molecule has 2 rings (SSSR count). The molecule has 2 aromatic carbocycles. The lowest BCUT2D eigenvalue weighted by Crippen LogP contribution is -2.01. The maximum absolute atomic E-state index is 11.8. The highest BCUT2D eigenvalue weighted by Gasteiger charge is 2.07. The van der Waals surface area contributed by atoms with Crippen LogP contribution < -0.4 is 4.74 Å². The van der Waals surface area contributed by atoms with Gasteiger partial charge in [-0.05, 0) is 55.2 Å². The normalized spacial score (nSPS) is 11.2. The lowest BCUT2D eigenvalue weighted by molar-refractivity contribution is -0.137. The fourth-order valence-electron chi connectivity index (χ4n) is 2.38. The standard InChI is InChI=1S/C21H24O3/c1-3-5-10-18(16-21(22)23-4-2)17-11-9-14-20(15-17)24-19-12-7-6-8-13-19/h6-9,11-16H,3-5,10H2,1-2H3/b18-16+. The van der Waals surface area contributed by atoms with E-state index in [0.717, 1.165) is 41.9 Å². The number of unbranched alkanes of at least 4 members (excludes halogenated alkanes) is 1. The van der Waals surface area contributed by atoms with E-state index < -0.39 is 0 Å². The molecular formula is C21H24O3. The SMILES string of the molecule is CCCC/C(=C\C(=O)OCC)c1cccc(Oc2ccccc2)c1. The number of allylic oxidation sites excluding steroid dienone is 1. The van der Waals surface area contributed by atoms with Gasteiger partial charge in [-0.25, -0.2) is 4.79 Å². The van der Waals surface area contributed by atoms with Gasteiger partial charge in [0.05, 0.1) is 6.61 Å². The van der Waals surface area contributed by atoms with Gasteiger partial charge in [-0.15, -0.1) is 0 Å². The quantitative estimate of drug-likeness (QED) is 0.467. The highest BCUT2D eigenvalue weighted by Crippen LogP contribution is 2.27. The second-order valence-electron chi connectivity index (χ2n) is 5.47. The van der Waals surface area contributed by atoms with Gasteiger partial charge in [0.15, 0.2) is 0 Å². The summed E-state index contributed by atoms with van der Waals surface area (Å²) in [6, 6.07) is 17.5. The molecule has 0 N–H and O–H groups in total. The topological polar surface area (TPSA) is 35.5 Å². The fourth-order valence-corrected chi connectivity index (χ4v) is 2.38. The smallest absolute Gasteiger partial charge is 0.331 e. The first-order valence-electron chi connectivity index (χ1n) is 8.43. The molecule has 0 aromatic heterocycles. The Kier molecular flexibility index (Phi) is 7.09. The third-order valence-corrected chi connectivity index (χ3v) is 3.56. The average Bonchev–Trinajstić information content (AvgIpc) is 2.60. The van der Waals surface area contributed by atoms with Crippen LogP contribution in [0.25, 0.3) is 5.57 Å². The number of carbonyl (C=O) groups is 1. The van der Waals surface area contributed by atoms with E-state index in [9.17, 15) is 4.79 Å². The minimum absolute atomic E-state index is 0.294. The first-order chi connectivity index (χ1) is 11.7. The lowest BCUT2D eigenvalue weighted by atomic mass is 9.99. The summed E-state index contributed by atoms with van der Waals surface area (Å²) in [5.41, 5.74) is 1.97. The second-order valence-corrected chi connectivity index (χ2v) is 5.47. The highest BCUT2D eigenvalue weighted by molar-refractivity contribution is 5.91. The predicted octanol–water partition coefficient (Wildman–Crippen LogP) is 5.62. The molecule has 0 aliphatic rings. The summed E-state index contributed by atoms with van der Waals surface area (Å²) in [7, 11) is 0. The molecule has 2 aromatic rings. The van der Waals surface area contributed by atoms with Crippen LogP contribution in [0.3, 0.4) is 0 Å². The molecule has 0 amide bonds. The molecule has 3 nitrogen and oxygen atoms in total. The van der Waals surface area contributed by atoms with Crippen LogP contribution in [-0.2, 0) is 9.53 Å². The average molecular weight is 324 g/mol. The molecular weight excluding hydrogens is 300 g/mol. The predicted molar refractivity (Wildman–Crippen MR) is 97.1 cm³/mol. The van der Waals surface area contributed by atoms with Crippen LogP contribution in [0, 0.1) is 0 Å². The Hall–Kier alpha value is -2.55. The van der Waals surface area contributed by atoms with Crippen LogP contribution in [0.15, 0.2) is 60.7 Å². The molecule has 0 saturated carbocycles. The minimum Gasteiger partial charge on any atom is -0.463 e. The zero-order valence-electron chi connectivity index (χ0n) is 14.3. The van der Waals surface area contributed by atoms with Gasteiger partial charge in [0.25, 0.3) is 0 Å². The molecule has 0 bridgehead atoms. The Bertz CT molecular complexity index is 674. The summed E-state index contributed by atoms with van der Waals surface area (Å²) in [5, 5.41) is 0. The number of rotatable bonds is 8. The van der Waals surface area contributed by atoms with E-state index >= 15 is 0 Å². The Morgan fingerprint density at radius 1 is 1.00 bits per heavy atom. The van der Waals surface area contributed by atoms with Crippen LogP contribution in [-0.4, -0.2) is 12.6 Å². The zero-order chi connectivity index (χ0) is 17.2. The van der Waals surface area contributed by atoms with Gasteiger partial charge >= 0.3 is 5.97 Å². The van der Waals surface area contributed by atoms with Crippen LogP contribution in [0.1, 0.15) is 38.7 Å². The third kappa shape index (κ3) is 5.58. The molecule has 0 atom stereocenters. The summed E-state index contributed by atoms with van der Waals surface area (Å²) >= 11 is 0. The van der Waals surface area contributed by atoms with E-state index in [1.165, 1.54) is 0 Å². The van der Waals surface area contributed by atoms with Crippen LogP contribution in [0.4, 0.5) is 0 Å². The number of benzene rings is 2. The van der Waals surface area contributed by atoms with Crippen molar-refractivity contribution in [3.63, 3.8) is 0 Å². The summed E-state index contributed by atoms with van der Waals surface area (Å²) in [6.45, 7) is 4.33. The summed E-state index contributed by atoms with van der Waals surface area (Å²) < 4.78 is 10.9. The largest absolute Gasteiger partial charge is 0.463 e. The van der Waals surface area contributed by atoms with Gasteiger partial charge in [0.2, 0.25) is 0 Å².